The Bertz CT molecular complexity index is 592. The quantitative estimate of drug-likeness (QED) is 0.783. The zero-order chi connectivity index (χ0) is 12.4. The van der Waals surface area contributed by atoms with Crippen LogP contribution in [0.15, 0.2) is 29.1 Å². The molecular weight excluding hydrogens is 218 g/mol. The van der Waals surface area contributed by atoms with Crippen molar-refractivity contribution in [2.45, 2.75) is 19.6 Å². The molecule has 0 amide bonds. The van der Waals surface area contributed by atoms with E-state index in [9.17, 15) is 9.90 Å². The number of aliphatic hydroxyl groups excluding tert-OH is 1. The van der Waals surface area contributed by atoms with Crippen LogP contribution in [0.25, 0.3) is 11.0 Å². The number of nitrogens with zero attached hydrogens (tertiary/aromatic N) is 2. The molecule has 17 heavy (non-hydrogen) atoms. The Morgan fingerprint density at radius 2 is 2.18 bits per heavy atom. The molecule has 0 saturated carbocycles. The van der Waals surface area contributed by atoms with E-state index in [4.69, 9.17) is 5.73 Å². The molecule has 2 rings (SSSR count). The van der Waals surface area contributed by atoms with Crippen LogP contribution in [0, 0.1) is 6.92 Å². The maximum atomic E-state index is 12.0. The third-order valence-electron chi connectivity index (χ3n) is 2.68. The summed E-state index contributed by atoms with van der Waals surface area (Å²) in [5.74, 6) is 0. The van der Waals surface area contributed by atoms with Crippen molar-refractivity contribution in [1.82, 2.24) is 9.55 Å². The van der Waals surface area contributed by atoms with Crippen LogP contribution in [0.5, 0.6) is 0 Å². The van der Waals surface area contributed by atoms with Gasteiger partial charge in [0.15, 0.2) is 0 Å². The van der Waals surface area contributed by atoms with E-state index in [1.165, 1.54) is 4.57 Å². The predicted molar refractivity (Wildman–Crippen MR) is 65.8 cm³/mol. The third-order valence-corrected chi connectivity index (χ3v) is 2.68. The number of nitrogens with two attached hydrogens (primary N) is 1. The van der Waals surface area contributed by atoms with Gasteiger partial charge >= 0.3 is 0 Å². The molecule has 0 aliphatic carbocycles. The Morgan fingerprint density at radius 3 is 2.88 bits per heavy atom. The first-order chi connectivity index (χ1) is 8.13. The summed E-state index contributed by atoms with van der Waals surface area (Å²) >= 11 is 0. The summed E-state index contributed by atoms with van der Waals surface area (Å²) in [4.78, 5) is 16.2. The van der Waals surface area contributed by atoms with Gasteiger partial charge in [-0.05, 0) is 19.1 Å². The average molecular weight is 233 g/mol. The summed E-state index contributed by atoms with van der Waals surface area (Å²) in [6.07, 6.45) is -0.724. The normalized spacial score (nSPS) is 12.9. The predicted octanol–water partition coefficient (Wildman–Crippen LogP) is 0.0245. The summed E-state index contributed by atoms with van der Waals surface area (Å²) in [6, 6.07) is 7.35. The average Bonchev–Trinajstić information content (AvgIpc) is 2.34. The van der Waals surface area contributed by atoms with Gasteiger partial charge in [0.2, 0.25) is 0 Å². The molecule has 0 radical (unpaired) electrons. The topological polar surface area (TPSA) is 81.1 Å². The van der Waals surface area contributed by atoms with E-state index in [0.29, 0.717) is 5.69 Å². The maximum absolute atomic E-state index is 12.0. The van der Waals surface area contributed by atoms with E-state index in [2.05, 4.69) is 4.98 Å². The summed E-state index contributed by atoms with van der Waals surface area (Å²) < 4.78 is 1.52. The minimum atomic E-state index is -0.724. The molecule has 0 aliphatic heterocycles. The fourth-order valence-corrected chi connectivity index (χ4v) is 1.79. The number of benzene rings is 1. The molecular formula is C12H15N3O2. The number of aliphatic hydroxyl groups is 1. The molecule has 1 aromatic heterocycles. The van der Waals surface area contributed by atoms with Crippen molar-refractivity contribution in [3.05, 3.63) is 40.3 Å². The van der Waals surface area contributed by atoms with E-state index < -0.39 is 6.10 Å². The van der Waals surface area contributed by atoms with Crippen LogP contribution in [0.4, 0.5) is 0 Å². The van der Waals surface area contributed by atoms with Crippen molar-refractivity contribution in [2.75, 3.05) is 6.54 Å². The number of aromatic nitrogens is 2. The smallest absolute Gasteiger partial charge is 0.272 e. The molecule has 5 nitrogen and oxygen atoms in total. The summed E-state index contributed by atoms with van der Waals surface area (Å²) in [7, 11) is 0. The lowest BCUT2D eigenvalue weighted by Crippen LogP contribution is -2.32. The lowest BCUT2D eigenvalue weighted by molar-refractivity contribution is 0.162. The lowest BCUT2D eigenvalue weighted by Gasteiger charge is -2.13. The molecule has 1 heterocycles. The van der Waals surface area contributed by atoms with Gasteiger partial charge < -0.3 is 15.4 Å². The number of fused-ring (bicyclic) bond motifs is 1. The summed E-state index contributed by atoms with van der Waals surface area (Å²) in [5.41, 5.74) is 7.07. The van der Waals surface area contributed by atoms with Gasteiger partial charge in [0, 0.05) is 6.54 Å². The molecule has 5 heteroatoms. The van der Waals surface area contributed by atoms with Crippen molar-refractivity contribution in [2.24, 2.45) is 5.73 Å². The Morgan fingerprint density at radius 1 is 1.47 bits per heavy atom. The van der Waals surface area contributed by atoms with Gasteiger partial charge in [-0.1, -0.05) is 12.1 Å². The second-order valence-corrected chi connectivity index (χ2v) is 3.99. The molecule has 0 aliphatic rings. The molecule has 3 N–H and O–H groups in total. The molecule has 1 aromatic carbocycles. The highest BCUT2D eigenvalue weighted by atomic mass is 16.3. The first-order valence-electron chi connectivity index (χ1n) is 5.48. The largest absolute Gasteiger partial charge is 0.390 e. The highest BCUT2D eigenvalue weighted by Crippen LogP contribution is 2.09. The molecule has 0 unspecified atom stereocenters. The van der Waals surface area contributed by atoms with Crippen LogP contribution in [0.2, 0.25) is 0 Å². The Kier molecular flexibility index (Phi) is 3.21. The van der Waals surface area contributed by atoms with Crippen molar-refractivity contribution < 1.29 is 5.11 Å². The van der Waals surface area contributed by atoms with Gasteiger partial charge in [0.25, 0.3) is 5.56 Å². The van der Waals surface area contributed by atoms with E-state index >= 15 is 0 Å². The summed E-state index contributed by atoms with van der Waals surface area (Å²) in [5, 5.41) is 9.58. The third kappa shape index (κ3) is 2.20. The number of aryl methyl sites for hydroxylation is 1. The monoisotopic (exact) mass is 233 g/mol. The molecule has 1 atom stereocenters. The first-order valence-corrected chi connectivity index (χ1v) is 5.48. The minimum absolute atomic E-state index is 0.127. The number of rotatable bonds is 3. The molecule has 0 bridgehead atoms. The van der Waals surface area contributed by atoms with Gasteiger partial charge in [0.05, 0.1) is 23.7 Å². The second-order valence-electron chi connectivity index (χ2n) is 3.99. The number of para-hydroxylation sites is 2. The first kappa shape index (κ1) is 11.8. The van der Waals surface area contributed by atoms with Crippen LogP contribution >= 0.6 is 0 Å². The van der Waals surface area contributed by atoms with Crippen molar-refractivity contribution in [1.29, 1.82) is 0 Å². The fraction of sp³-hybridized carbons (Fsp3) is 0.333. The van der Waals surface area contributed by atoms with Gasteiger partial charge in [0.1, 0.15) is 5.69 Å². The molecule has 0 spiro atoms. The van der Waals surface area contributed by atoms with Crippen LogP contribution in [0.3, 0.4) is 0 Å². The van der Waals surface area contributed by atoms with Crippen LogP contribution < -0.4 is 11.3 Å². The molecule has 0 saturated heterocycles. The van der Waals surface area contributed by atoms with Gasteiger partial charge in [-0.3, -0.25) is 4.79 Å². The standard InChI is InChI=1S/C12H15N3O2/c1-8-12(17)15(7-9(16)6-13)11-5-3-2-4-10(11)14-8/h2-5,9,16H,6-7,13H2,1H3/t9-/m1/s1. The van der Waals surface area contributed by atoms with Crippen LogP contribution in [-0.2, 0) is 6.54 Å². The Labute approximate surface area is 98.5 Å². The highest BCUT2D eigenvalue weighted by molar-refractivity contribution is 5.74. The SMILES string of the molecule is Cc1nc2ccccc2n(C[C@H](O)CN)c1=O. The Balaban J connectivity index is 2.66. The van der Waals surface area contributed by atoms with Crippen molar-refractivity contribution in [3.63, 3.8) is 0 Å². The van der Waals surface area contributed by atoms with Crippen LogP contribution in [-0.4, -0.2) is 27.3 Å². The number of hydrogen-bond donors (Lipinski definition) is 2. The lowest BCUT2D eigenvalue weighted by atomic mass is 10.2. The minimum Gasteiger partial charge on any atom is -0.390 e. The van der Waals surface area contributed by atoms with Gasteiger partial charge in [-0.2, -0.15) is 0 Å². The Hall–Kier alpha value is -1.72. The molecule has 90 valence electrons. The van der Waals surface area contributed by atoms with E-state index in [1.54, 1.807) is 6.92 Å². The fourth-order valence-electron chi connectivity index (χ4n) is 1.79. The maximum Gasteiger partial charge on any atom is 0.272 e. The molecule has 2 aromatic rings. The zero-order valence-corrected chi connectivity index (χ0v) is 9.63. The van der Waals surface area contributed by atoms with E-state index in [-0.39, 0.29) is 18.6 Å². The molecule has 0 fully saturated rings. The zero-order valence-electron chi connectivity index (χ0n) is 9.63. The van der Waals surface area contributed by atoms with E-state index in [1.807, 2.05) is 24.3 Å². The number of hydrogen-bond acceptors (Lipinski definition) is 4. The van der Waals surface area contributed by atoms with Crippen molar-refractivity contribution >= 4 is 11.0 Å². The highest BCUT2D eigenvalue weighted by Gasteiger charge is 2.10. The van der Waals surface area contributed by atoms with Crippen LogP contribution in [0.1, 0.15) is 5.69 Å². The van der Waals surface area contributed by atoms with Gasteiger partial charge in [-0.15, -0.1) is 0 Å². The second kappa shape index (κ2) is 4.65. The van der Waals surface area contributed by atoms with E-state index in [0.717, 1.165) is 11.0 Å². The van der Waals surface area contributed by atoms with Crippen molar-refractivity contribution in [3.8, 4) is 0 Å². The van der Waals surface area contributed by atoms with Gasteiger partial charge in [-0.25, -0.2) is 4.98 Å². The summed E-state index contributed by atoms with van der Waals surface area (Å²) in [6.45, 7) is 1.99.